The SMILES string of the molecule is CC1CCC(C(=O)NC(C)C(=O)NC2CC2)CN1. The van der Waals surface area contributed by atoms with Gasteiger partial charge in [0.1, 0.15) is 6.04 Å². The number of carbonyl (C=O) groups excluding carboxylic acids is 2. The Labute approximate surface area is 108 Å². The molecule has 3 unspecified atom stereocenters. The molecule has 1 saturated carbocycles. The van der Waals surface area contributed by atoms with Crippen LogP contribution in [0.3, 0.4) is 0 Å². The van der Waals surface area contributed by atoms with Crippen LogP contribution in [0.4, 0.5) is 0 Å². The van der Waals surface area contributed by atoms with Gasteiger partial charge in [0, 0.05) is 18.6 Å². The minimum absolute atomic E-state index is 0.00243. The summed E-state index contributed by atoms with van der Waals surface area (Å²) in [6.07, 6.45) is 4.05. The third-order valence-corrected chi connectivity index (χ3v) is 3.71. The minimum atomic E-state index is -0.433. The van der Waals surface area contributed by atoms with E-state index in [1.165, 1.54) is 0 Å². The molecule has 2 amide bonds. The Hall–Kier alpha value is -1.10. The van der Waals surface area contributed by atoms with Crippen LogP contribution in [0.2, 0.25) is 0 Å². The third kappa shape index (κ3) is 3.70. The van der Waals surface area contributed by atoms with E-state index in [0.717, 1.165) is 25.7 Å². The average Bonchev–Trinajstić information content (AvgIpc) is 3.13. The number of piperidine rings is 1. The monoisotopic (exact) mass is 253 g/mol. The second-order valence-corrected chi connectivity index (χ2v) is 5.60. The molecule has 2 aliphatic rings. The van der Waals surface area contributed by atoms with E-state index in [1.807, 2.05) is 0 Å². The fraction of sp³-hybridized carbons (Fsp3) is 0.846. The van der Waals surface area contributed by atoms with Crippen molar-refractivity contribution in [3.63, 3.8) is 0 Å². The normalized spacial score (nSPS) is 29.4. The first-order chi connectivity index (χ1) is 8.56. The van der Waals surface area contributed by atoms with Gasteiger partial charge in [-0.2, -0.15) is 0 Å². The number of rotatable bonds is 4. The second kappa shape index (κ2) is 5.69. The molecule has 0 radical (unpaired) electrons. The highest BCUT2D eigenvalue weighted by Crippen LogP contribution is 2.18. The second-order valence-electron chi connectivity index (χ2n) is 5.60. The quantitative estimate of drug-likeness (QED) is 0.668. The highest BCUT2D eigenvalue weighted by Gasteiger charge is 2.29. The van der Waals surface area contributed by atoms with Crippen molar-refractivity contribution in [1.29, 1.82) is 0 Å². The van der Waals surface area contributed by atoms with E-state index in [2.05, 4.69) is 22.9 Å². The molecule has 2 rings (SSSR count). The molecule has 102 valence electrons. The van der Waals surface area contributed by atoms with Crippen molar-refractivity contribution < 1.29 is 9.59 Å². The number of hydrogen-bond acceptors (Lipinski definition) is 3. The Kier molecular flexibility index (Phi) is 4.22. The smallest absolute Gasteiger partial charge is 0.242 e. The number of nitrogens with one attached hydrogen (secondary N) is 3. The van der Waals surface area contributed by atoms with Crippen LogP contribution in [0.1, 0.15) is 39.5 Å². The molecule has 18 heavy (non-hydrogen) atoms. The molecule has 0 bridgehead atoms. The van der Waals surface area contributed by atoms with Crippen LogP contribution in [-0.2, 0) is 9.59 Å². The van der Waals surface area contributed by atoms with Gasteiger partial charge in [0.05, 0.1) is 5.92 Å². The summed E-state index contributed by atoms with van der Waals surface area (Å²) in [4.78, 5) is 23.7. The zero-order chi connectivity index (χ0) is 13.1. The molecule has 3 N–H and O–H groups in total. The summed E-state index contributed by atoms with van der Waals surface area (Å²) in [6, 6.07) is 0.399. The number of amides is 2. The van der Waals surface area contributed by atoms with Gasteiger partial charge in [-0.1, -0.05) is 0 Å². The largest absolute Gasteiger partial charge is 0.352 e. The van der Waals surface area contributed by atoms with Gasteiger partial charge in [0.15, 0.2) is 0 Å². The van der Waals surface area contributed by atoms with E-state index in [0.29, 0.717) is 18.6 Å². The van der Waals surface area contributed by atoms with Crippen LogP contribution in [0.15, 0.2) is 0 Å². The summed E-state index contributed by atoms with van der Waals surface area (Å²) < 4.78 is 0. The molecule has 1 saturated heterocycles. The minimum Gasteiger partial charge on any atom is -0.352 e. The predicted octanol–water partition coefficient (Wildman–Crippen LogP) is 0.158. The van der Waals surface area contributed by atoms with Crippen LogP contribution in [0, 0.1) is 5.92 Å². The fourth-order valence-electron chi connectivity index (χ4n) is 2.17. The van der Waals surface area contributed by atoms with E-state index in [9.17, 15) is 9.59 Å². The molecule has 1 aliphatic heterocycles. The van der Waals surface area contributed by atoms with Gasteiger partial charge in [-0.3, -0.25) is 9.59 Å². The van der Waals surface area contributed by atoms with Crippen molar-refractivity contribution in [1.82, 2.24) is 16.0 Å². The van der Waals surface area contributed by atoms with Gasteiger partial charge in [-0.25, -0.2) is 0 Å². The standard InChI is InChI=1S/C13H23N3O2/c1-8-3-4-10(7-14-8)13(18)15-9(2)12(17)16-11-5-6-11/h8-11,14H,3-7H2,1-2H3,(H,15,18)(H,16,17). The van der Waals surface area contributed by atoms with Crippen LogP contribution in [0.5, 0.6) is 0 Å². The molecular weight excluding hydrogens is 230 g/mol. The Morgan fingerprint density at radius 3 is 2.50 bits per heavy atom. The van der Waals surface area contributed by atoms with Crippen molar-refractivity contribution in [3.8, 4) is 0 Å². The molecule has 0 aromatic carbocycles. The van der Waals surface area contributed by atoms with Crippen LogP contribution in [0.25, 0.3) is 0 Å². The number of carbonyl (C=O) groups is 2. The average molecular weight is 253 g/mol. The Morgan fingerprint density at radius 1 is 1.22 bits per heavy atom. The lowest BCUT2D eigenvalue weighted by molar-refractivity contribution is -0.131. The Bertz CT molecular complexity index is 320. The maximum Gasteiger partial charge on any atom is 0.242 e. The van der Waals surface area contributed by atoms with E-state index in [4.69, 9.17) is 0 Å². The van der Waals surface area contributed by atoms with Crippen molar-refractivity contribution in [3.05, 3.63) is 0 Å². The zero-order valence-corrected chi connectivity index (χ0v) is 11.2. The molecule has 0 aromatic rings. The van der Waals surface area contributed by atoms with Crippen LogP contribution in [-0.4, -0.2) is 36.5 Å². The van der Waals surface area contributed by atoms with Gasteiger partial charge < -0.3 is 16.0 Å². The van der Waals surface area contributed by atoms with Crippen LogP contribution < -0.4 is 16.0 Å². The molecule has 1 heterocycles. The lowest BCUT2D eigenvalue weighted by Crippen LogP contribution is -2.50. The van der Waals surface area contributed by atoms with Gasteiger partial charge in [-0.15, -0.1) is 0 Å². The Morgan fingerprint density at radius 2 is 1.94 bits per heavy atom. The molecule has 5 heteroatoms. The summed E-state index contributed by atoms with van der Waals surface area (Å²) in [5.41, 5.74) is 0. The van der Waals surface area contributed by atoms with Gasteiger partial charge in [-0.05, 0) is 39.5 Å². The maximum atomic E-state index is 12.0. The van der Waals surface area contributed by atoms with Crippen molar-refractivity contribution in [2.75, 3.05) is 6.54 Å². The summed E-state index contributed by atoms with van der Waals surface area (Å²) in [5.74, 6) is -0.0757. The highest BCUT2D eigenvalue weighted by atomic mass is 16.2. The van der Waals surface area contributed by atoms with E-state index in [1.54, 1.807) is 6.92 Å². The first-order valence-electron chi connectivity index (χ1n) is 6.90. The lowest BCUT2D eigenvalue weighted by atomic mass is 9.94. The van der Waals surface area contributed by atoms with E-state index >= 15 is 0 Å². The molecule has 5 nitrogen and oxygen atoms in total. The van der Waals surface area contributed by atoms with E-state index < -0.39 is 6.04 Å². The summed E-state index contributed by atoms with van der Waals surface area (Å²) >= 11 is 0. The summed E-state index contributed by atoms with van der Waals surface area (Å²) in [7, 11) is 0. The van der Waals surface area contributed by atoms with Gasteiger partial charge >= 0.3 is 0 Å². The maximum absolute atomic E-state index is 12.0. The van der Waals surface area contributed by atoms with Crippen molar-refractivity contribution in [2.24, 2.45) is 5.92 Å². The van der Waals surface area contributed by atoms with Crippen molar-refractivity contribution >= 4 is 11.8 Å². The first kappa shape index (κ1) is 13.3. The molecule has 0 spiro atoms. The predicted molar refractivity (Wildman–Crippen MR) is 69.0 cm³/mol. The number of hydrogen-bond donors (Lipinski definition) is 3. The molecule has 2 fully saturated rings. The molecular formula is C13H23N3O2. The van der Waals surface area contributed by atoms with Crippen LogP contribution >= 0.6 is 0 Å². The Balaban J connectivity index is 1.73. The molecule has 1 aliphatic carbocycles. The summed E-state index contributed by atoms with van der Waals surface area (Å²) in [6.45, 7) is 4.58. The molecule has 0 aromatic heterocycles. The topological polar surface area (TPSA) is 70.2 Å². The summed E-state index contributed by atoms with van der Waals surface area (Å²) in [5, 5.41) is 9.00. The lowest BCUT2D eigenvalue weighted by Gasteiger charge is -2.27. The van der Waals surface area contributed by atoms with Crippen molar-refractivity contribution in [2.45, 2.75) is 57.7 Å². The zero-order valence-electron chi connectivity index (χ0n) is 11.2. The third-order valence-electron chi connectivity index (χ3n) is 3.71. The highest BCUT2D eigenvalue weighted by molar-refractivity contribution is 5.88. The van der Waals surface area contributed by atoms with Gasteiger partial charge in [0.25, 0.3) is 0 Å². The first-order valence-corrected chi connectivity index (χ1v) is 6.90. The fourth-order valence-corrected chi connectivity index (χ4v) is 2.17. The van der Waals surface area contributed by atoms with Gasteiger partial charge in [0.2, 0.25) is 11.8 Å². The van der Waals surface area contributed by atoms with E-state index in [-0.39, 0.29) is 17.7 Å². The molecule has 3 atom stereocenters.